The van der Waals surface area contributed by atoms with Crippen LogP contribution in [0.5, 0.6) is 0 Å². The Labute approximate surface area is 151 Å². The van der Waals surface area contributed by atoms with E-state index in [0.717, 1.165) is 44.0 Å². The van der Waals surface area contributed by atoms with Crippen LogP contribution in [0.2, 0.25) is 0 Å². The van der Waals surface area contributed by atoms with Gasteiger partial charge in [0, 0.05) is 43.6 Å². The molecule has 25 heavy (non-hydrogen) atoms. The lowest BCUT2D eigenvalue weighted by Gasteiger charge is -2.38. The van der Waals surface area contributed by atoms with E-state index in [9.17, 15) is 9.59 Å². The van der Waals surface area contributed by atoms with E-state index in [1.165, 1.54) is 5.56 Å². The standard InChI is InChI=1S/C21H30N2O2/c1-16-10-13-22(14-11-16)19(24)9-6-12-23-18-8-5-4-7-17(18)21(2,3)15-20(23)25/h4-5,7-8,16H,6,9-15H2,1-3H3. The normalized spacial score (nSPS) is 20.5. The molecule has 0 aromatic heterocycles. The Hall–Kier alpha value is -1.84. The van der Waals surface area contributed by atoms with Crippen LogP contribution >= 0.6 is 0 Å². The summed E-state index contributed by atoms with van der Waals surface area (Å²) in [6.07, 6.45) is 4.01. The number of anilines is 1. The third-order valence-electron chi connectivity index (χ3n) is 5.73. The van der Waals surface area contributed by atoms with Crippen LogP contribution < -0.4 is 4.90 Å². The maximum Gasteiger partial charge on any atom is 0.227 e. The first-order valence-electron chi connectivity index (χ1n) is 9.56. The molecule has 4 nitrogen and oxygen atoms in total. The minimum atomic E-state index is -0.121. The number of carbonyl (C=O) groups excluding carboxylic acids is 2. The Morgan fingerprint density at radius 3 is 2.60 bits per heavy atom. The fourth-order valence-electron chi connectivity index (χ4n) is 4.03. The van der Waals surface area contributed by atoms with Gasteiger partial charge >= 0.3 is 0 Å². The van der Waals surface area contributed by atoms with Crippen LogP contribution in [-0.4, -0.2) is 36.3 Å². The summed E-state index contributed by atoms with van der Waals surface area (Å²) in [5.74, 6) is 1.14. The molecule has 1 aromatic carbocycles. The van der Waals surface area contributed by atoms with E-state index in [2.05, 4.69) is 26.8 Å². The van der Waals surface area contributed by atoms with Gasteiger partial charge in [-0.15, -0.1) is 0 Å². The van der Waals surface area contributed by atoms with E-state index in [0.29, 0.717) is 19.4 Å². The number of para-hydroxylation sites is 1. The number of carbonyl (C=O) groups is 2. The molecule has 0 radical (unpaired) electrons. The molecule has 0 saturated carbocycles. The van der Waals surface area contributed by atoms with Crippen LogP contribution in [0.15, 0.2) is 24.3 Å². The predicted octanol–water partition coefficient (Wildman–Crippen LogP) is 3.74. The molecule has 4 heteroatoms. The summed E-state index contributed by atoms with van der Waals surface area (Å²) in [5.41, 5.74) is 2.12. The number of hydrogen-bond donors (Lipinski definition) is 0. The van der Waals surface area contributed by atoms with E-state index >= 15 is 0 Å². The Kier molecular flexibility index (Phi) is 5.16. The summed E-state index contributed by atoms with van der Waals surface area (Å²) < 4.78 is 0. The third-order valence-corrected chi connectivity index (χ3v) is 5.73. The molecule has 1 saturated heterocycles. The molecule has 1 fully saturated rings. The smallest absolute Gasteiger partial charge is 0.227 e. The molecule has 2 amide bonds. The summed E-state index contributed by atoms with van der Waals surface area (Å²) in [6, 6.07) is 8.17. The summed E-state index contributed by atoms with van der Waals surface area (Å²) in [4.78, 5) is 28.9. The Bertz CT molecular complexity index is 645. The van der Waals surface area contributed by atoms with Gasteiger partial charge in [-0.05, 0) is 36.8 Å². The van der Waals surface area contributed by atoms with Gasteiger partial charge in [-0.2, -0.15) is 0 Å². The molecule has 1 aromatic rings. The van der Waals surface area contributed by atoms with Crippen LogP contribution in [-0.2, 0) is 15.0 Å². The number of piperidine rings is 1. The zero-order chi connectivity index (χ0) is 18.0. The van der Waals surface area contributed by atoms with Crippen molar-refractivity contribution in [3.63, 3.8) is 0 Å². The topological polar surface area (TPSA) is 40.6 Å². The lowest BCUT2D eigenvalue weighted by Crippen LogP contribution is -2.43. The van der Waals surface area contributed by atoms with Gasteiger partial charge in [-0.25, -0.2) is 0 Å². The van der Waals surface area contributed by atoms with Gasteiger partial charge in [-0.1, -0.05) is 39.0 Å². The van der Waals surface area contributed by atoms with E-state index in [1.54, 1.807) is 0 Å². The van der Waals surface area contributed by atoms with Gasteiger partial charge in [-0.3, -0.25) is 9.59 Å². The van der Waals surface area contributed by atoms with E-state index in [4.69, 9.17) is 0 Å². The SMILES string of the molecule is CC1CCN(C(=O)CCCN2C(=O)CC(C)(C)c3ccccc32)CC1. The van der Waals surface area contributed by atoms with Crippen molar-refractivity contribution in [2.75, 3.05) is 24.5 Å². The van der Waals surface area contributed by atoms with Gasteiger partial charge in [0.1, 0.15) is 0 Å². The van der Waals surface area contributed by atoms with Gasteiger partial charge in [0.05, 0.1) is 0 Å². The molecule has 0 spiro atoms. The molecular formula is C21H30N2O2. The molecular weight excluding hydrogens is 312 g/mol. The molecule has 0 N–H and O–H groups in total. The van der Waals surface area contributed by atoms with Gasteiger partial charge in [0.25, 0.3) is 0 Å². The maximum atomic E-state index is 12.6. The Morgan fingerprint density at radius 1 is 1.20 bits per heavy atom. The molecule has 0 atom stereocenters. The van der Waals surface area contributed by atoms with Crippen molar-refractivity contribution in [1.82, 2.24) is 4.90 Å². The van der Waals surface area contributed by atoms with Crippen molar-refractivity contribution in [3.8, 4) is 0 Å². The zero-order valence-corrected chi connectivity index (χ0v) is 15.8. The minimum Gasteiger partial charge on any atom is -0.343 e. The largest absolute Gasteiger partial charge is 0.343 e. The summed E-state index contributed by atoms with van der Waals surface area (Å²) >= 11 is 0. The summed E-state index contributed by atoms with van der Waals surface area (Å²) in [7, 11) is 0. The van der Waals surface area contributed by atoms with Crippen LogP contribution in [0.25, 0.3) is 0 Å². The van der Waals surface area contributed by atoms with Crippen LogP contribution in [0.4, 0.5) is 5.69 Å². The predicted molar refractivity (Wildman–Crippen MR) is 101 cm³/mol. The number of nitrogens with zero attached hydrogens (tertiary/aromatic N) is 2. The van der Waals surface area contributed by atoms with Gasteiger partial charge in [0.2, 0.25) is 11.8 Å². The maximum absolute atomic E-state index is 12.6. The minimum absolute atomic E-state index is 0.121. The molecule has 2 aliphatic heterocycles. The van der Waals surface area contributed by atoms with Crippen LogP contribution in [0, 0.1) is 5.92 Å². The summed E-state index contributed by atoms with van der Waals surface area (Å²) in [6.45, 7) is 8.91. The molecule has 136 valence electrons. The lowest BCUT2D eigenvalue weighted by atomic mass is 9.77. The van der Waals surface area contributed by atoms with Crippen molar-refractivity contribution in [2.24, 2.45) is 5.92 Å². The number of hydrogen-bond acceptors (Lipinski definition) is 2. The second-order valence-corrected chi connectivity index (χ2v) is 8.29. The first-order chi connectivity index (χ1) is 11.9. The Balaban J connectivity index is 1.59. The highest BCUT2D eigenvalue weighted by molar-refractivity contribution is 5.97. The van der Waals surface area contributed by atoms with Crippen molar-refractivity contribution < 1.29 is 9.59 Å². The first kappa shape index (κ1) is 18.0. The highest BCUT2D eigenvalue weighted by Crippen LogP contribution is 2.40. The molecule has 3 rings (SSSR count). The zero-order valence-electron chi connectivity index (χ0n) is 15.8. The second kappa shape index (κ2) is 7.19. The van der Waals surface area contributed by atoms with Crippen LogP contribution in [0.3, 0.4) is 0 Å². The second-order valence-electron chi connectivity index (χ2n) is 8.29. The van der Waals surface area contributed by atoms with Crippen molar-refractivity contribution in [2.45, 2.75) is 58.3 Å². The molecule has 0 bridgehead atoms. The number of likely N-dealkylation sites (tertiary alicyclic amines) is 1. The Morgan fingerprint density at radius 2 is 1.88 bits per heavy atom. The summed E-state index contributed by atoms with van der Waals surface area (Å²) in [5, 5.41) is 0. The fourth-order valence-corrected chi connectivity index (χ4v) is 4.03. The van der Waals surface area contributed by atoms with Crippen LogP contribution in [0.1, 0.15) is 58.4 Å². The number of rotatable bonds is 4. The molecule has 0 unspecified atom stereocenters. The molecule has 0 aliphatic carbocycles. The van der Waals surface area contributed by atoms with Crippen molar-refractivity contribution in [1.29, 1.82) is 0 Å². The number of amides is 2. The van der Waals surface area contributed by atoms with Crippen molar-refractivity contribution in [3.05, 3.63) is 29.8 Å². The monoisotopic (exact) mass is 342 g/mol. The highest BCUT2D eigenvalue weighted by Gasteiger charge is 2.36. The highest BCUT2D eigenvalue weighted by atomic mass is 16.2. The third kappa shape index (κ3) is 3.88. The number of fused-ring (bicyclic) bond motifs is 1. The average Bonchev–Trinajstić information content (AvgIpc) is 2.58. The van der Waals surface area contributed by atoms with E-state index in [1.807, 2.05) is 28.0 Å². The van der Waals surface area contributed by atoms with Gasteiger partial charge in [0.15, 0.2) is 0 Å². The molecule has 2 heterocycles. The lowest BCUT2D eigenvalue weighted by molar-refractivity contribution is -0.132. The van der Waals surface area contributed by atoms with Gasteiger partial charge < -0.3 is 9.80 Å². The molecule has 2 aliphatic rings. The average molecular weight is 342 g/mol. The quantitative estimate of drug-likeness (QED) is 0.836. The first-order valence-corrected chi connectivity index (χ1v) is 9.56. The number of benzene rings is 1. The van der Waals surface area contributed by atoms with E-state index in [-0.39, 0.29) is 17.2 Å². The van der Waals surface area contributed by atoms with E-state index < -0.39 is 0 Å². The van der Waals surface area contributed by atoms with Crippen molar-refractivity contribution >= 4 is 17.5 Å². The fraction of sp³-hybridized carbons (Fsp3) is 0.619.